The van der Waals surface area contributed by atoms with Gasteiger partial charge in [0, 0.05) is 13.1 Å². The van der Waals surface area contributed by atoms with Gasteiger partial charge in [-0.05, 0) is 18.9 Å². The molecule has 1 aliphatic heterocycles. The molecule has 1 rings (SSSR count). The first-order valence-corrected chi connectivity index (χ1v) is 7.87. The Kier molecular flexibility index (Phi) is 9.42. The molecule has 1 fully saturated rings. The maximum Gasteiger partial charge on any atom is 0.246 e. The average Bonchev–Trinajstić information content (AvgIpc) is 2.46. The number of carbonyl (C=O) groups is 1. The zero-order chi connectivity index (χ0) is 13.8. The lowest BCUT2D eigenvalue weighted by molar-refractivity contribution is -0.129. The molecule has 0 N–H and O–H groups in total. The third-order valence-electron chi connectivity index (χ3n) is 3.56. The van der Waals surface area contributed by atoms with E-state index in [0.29, 0.717) is 13.2 Å². The van der Waals surface area contributed by atoms with E-state index >= 15 is 0 Å². The van der Waals surface area contributed by atoms with Crippen LogP contribution in [0.25, 0.3) is 0 Å². The molecule has 0 unspecified atom stereocenters. The summed E-state index contributed by atoms with van der Waals surface area (Å²) in [6, 6.07) is 0. The van der Waals surface area contributed by atoms with Crippen LogP contribution >= 0.6 is 0 Å². The summed E-state index contributed by atoms with van der Waals surface area (Å²) in [5.41, 5.74) is 0. The van der Waals surface area contributed by atoms with Gasteiger partial charge in [-0.2, -0.15) is 0 Å². The van der Waals surface area contributed by atoms with Crippen LogP contribution in [-0.4, -0.2) is 37.1 Å². The third-order valence-corrected chi connectivity index (χ3v) is 3.56. The quantitative estimate of drug-likeness (QED) is 0.472. The number of carbonyl (C=O) groups excluding carboxylic acids is 1. The van der Waals surface area contributed by atoms with E-state index in [2.05, 4.69) is 6.92 Å². The minimum Gasteiger partial charge on any atom is -0.378 e. The Balaban J connectivity index is 1.95. The number of rotatable bonds is 9. The highest BCUT2D eigenvalue weighted by molar-refractivity contribution is 5.87. The van der Waals surface area contributed by atoms with E-state index in [9.17, 15) is 4.79 Å². The van der Waals surface area contributed by atoms with Crippen LogP contribution in [0, 0.1) is 0 Å². The summed E-state index contributed by atoms with van der Waals surface area (Å²) in [4.78, 5) is 13.7. The molecule has 0 aromatic carbocycles. The van der Waals surface area contributed by atoms with Crippen LogP contribution in [0.15, 0.2) is 12.2 Å². The van der Waals surface area contributed by atoms with Crippen LogP contribution in [0.5, 0.6) is 0 Å². The lowest BCUT2D eigenvalue weighted by Gasteiger charge is -2.25. The van der Waals surface area contributed by atoms with Gasteiger partial charge >= 0.3 is 0 Å². The minimum absolute atomic E-state index is 0.145. The van der Waals surface area contributed by atoms with Gasteiger partial charge in [-0.25, -0.2) is 0 Å². The van der Waals surface area contributed by atoms with Crippen LogP contribution in [-0.2, 0) is 9.53 Å². The van der Waals surface area contributed by atoms with Gasteiger partial charge in [0.25, 0.3) is 0 Å². The number of nitrogens with zero attached hydrogens (tertiary/aromatic N) is 1. The molecule has 0 atom stereocenters. The molecule has 0 radical (unpaired) electrons. The highest BCUT2D eigenvalue weighted by Crippen LogP contribution is 2.08. The smallest absolute Gasteiger partial charge is 0.246 e. The van der Waals surface area contributed by atoms with E-state index in [1.807, 2.05) is 11.0 Å². The molecule has 0 saturated carbocycles. The van der Waals surface area contributed by atoms with Crippen LogP contribution in [0.4, 0.5) is 0 Å². The second kappa shape index (κ2) is 11.0. The summed E-state index contributed by atoms with van der Waals surface area (Å²) in [7, 11) is 0. The van der Waals surface area contributed by atoms with Gasteiger partial charge in [0.2, 0.25) is 5.91 Å². The fourth-order valence-corrected chi connectivity index (χ4v) is 2.29. The molecule has 110 valence electrons. The molecule has 3 nitrogen and oxygen atoms in total. The molecule has 0 spiro atoms. The summed E-state index contributed by atoms with van der Waals surface area (Å²) in [6.07, 6.45) is 14.1. The maximum atomic E-state index is 11.8. The van der Waals surface area contributed by atoms with Gasteiger partial charge in [0.05, 0.1) is 13.2 Å². The van der Waals surface area contributed by atoms with E-state index < -0.39 is 0 Å². The summed E-state index contributed by atoms with van der Waals surface area (Å²) in [5, 5.41) is 0. The van der Waals surface area contributed by atoms with Crippen LogP contribution in [0.1, 0.15) is 58.3 Å². The van der Waals surface area contributed by atoms with Crippen LogP contribution in [0.2, 0.25) is 0 Å². The van der Waals surface area contributed by atoms with Crippen molar-refractivity contribution in [1.29, 1.82) is 0 Å². The van der Waals surface area contributed by atoms with E-state index in [-0.39, 0.29) is 5.91 Å². The molecule has 0 aliphatic carbocycles. The first-order chi connectivity index (χ1) is 9.34. The number of morpholine rings is 1. The third kappa shape index (κ3) is 8.04. The minimum atomic E-state index is 0.145. The number of hydrogen-bond donors (Lipinski definition) is 0. The monoisotopic (exact) mass is 267 g/mol. The van der Waals surface area contributed by atoms with E-state index in [0.717, 1.165) is 19.5 Å². The van der Waals surface area contributed by atoms with Gasteiger partial charge in [0.15, 0.2) is 0 Å². The number of ether oxygens (including phenoxy) is 1. The van der Waals surface area contributed by atoms with Crippen LogP contribution < -0.4 is 0 Å². The van der Waals surface area contributed by atoms with Crippen molar-refractivity contribution < 1.29 is 9.53 Å². The lowest BCUT2D eigenvalue weighted by atomic mass is 10.1. The highest BCUT2D eigenvalue weighted by atomic mass is 16.5. The Morgan fingerprint density at radius 1 is 1.05 bits per heavy atom. The number of amides is 1. The number of hydrogen-bond acceptors (Lipinski definition) is 2. The van der Waals surface area contributed by atoms with Crippen molar-refractivity contribution in [3.63, 3.8) is 0 Å². The van der Waals surface area contributed by atoms with Gasteiger partial charge in [-0.3, -0.25) is 4.79 Å². The molecule has 1 heterocycles. The Morgan fingerprint density at radius 3 is 2.37 bits per heavy atom. The van der Waals surface area contributed by atoms with E-state index in [1.165, 1.54) is 44.9 Å². The fourth-order valence-electron chi connectivity index (χ4n) is 2.29. The second-order valence-electron chi connectivity index (χ2n) is 5.25. The SMILES string of the molecule is CCCCCCCCC/C=C/C(=O)N1CCOCC1. The predicted molar refractivity (Wildman–Crippen MR) is 79.1 cm³/mol. The Hall–Kier alpha value is -0.830. The summed E-state index contributed by atoms with van der Waals surface area (Å²) in [6.45, 7) is 5.08. The van der Waals surface area contributed by atoms with Crippen molar-refractivity contribution in [3.8, 4) is 0 Å². The maximum absolute atomic E-state index is 11.8. The first-order valence-electron chi connectivity index (χ1n) is 7.87. The molecule has 0 bridgehead atoms. The van der Waals surface area contributed by atoms with Gasteiger partial charge in [0.1, 0.15) is 0 Å². The molecule has 1 amide bonds. The van der Waals surface area contributed by atoms with Crippen molar-refractivity contribution in [2.75, 3.05) is 26.3 Å². The first kappa shape index (κ1) is 16.2. The Labute approximate surface area is 118 Å². The van der Waals surface area contributed by atoms with Crippen molar-refractivity contribution in [2.24, 2.45) is 0 Å². The summed E-state index contributed by atoms with van der Waals surface area (Å²) in [5.74, 6) is 0.145. The Bertz CT molecular complexity index is 257. The van der Waals surface area contributed by atoms with E-state index in [4.69, 9.17) is 4.74 Å². The van der Waals surface area contributed by atoms with Crippen molar-refractivity contribution in [1.82, 2.24) is 4.90 Å². The van der Waals surface area contributed by atoms with Crippen molar-refractivity contribution in [2.45, 2.75) is 58.3 Å². The second-order valence-corrected chi connectivity index (χ2v) is 5.25. The average molecular weight is 267 g/mol. The normalized spacial score (nSPS) is 16.2. The topological polar surface area (TPSA) is 29.5 Å². The van der Waals surface area contributed by atoms with Gasteiger partial charge < -0.3 is 9.64 Å². The standard InChI is InChI=1S/C16H29NO2/c1-2-3-4-5-6-7-8-9-10-11-16(18)17-12-14-19-15-13-17/h10-11H,2-9,12-15H2,1H3/b11-10+. The summed E-state index contributed by atoms with van der Waals surface area (Å²) < 4.78 is 5.23. The van der Waals surface area contributed by atoms with E-state index in [1.54, 1.807) is 6.08 Å². The zero-order valence-corrected chi connectivity index (χ0v) is 12.4. The fraction of sp³-hybridized carbons (Fsp3) is 0.812. The van der Waals surface area contributed by atoms with Crippen molar-refractivity contribution >= 4 is 5.91 Å². The number of allylic oxidation sites excluding steroid dienone is 1. The molecular formula is C16H29NO2. The molecule has 1 saturated heterocycles. The zero-order valence-electron chi connectivity index (χ0n) is 12.4. The largest absolute Gasteiger partial charge is 0.378 e. The molecule has 1 aliphatic rings. The predicted octanol–water partition coefficient (Wildman–Crippen LogP) is 3.54. The molecule has 3 heteroatoms. The number of unbranched alkanes of at least 4 members (excludes halogenated alkanes) is 7. The molecule has 19 heavy (non-hydrogen) atoms. The molecule has 0 aromatic rings. The molecular weight excluding hydrogens is 238 g/mol. The lowest BCUT2D eigenvalue weighted by Crippen LogP contribution is -2.39. The molecule has 0 aromatic heterocycles. The van der Waals surface area contributed by atoms with Gasteiger partial charge in [-0.15, -0.1) is 0 Å². The van der Waals surface area contributed by atoms with Crippen LogP contribution in [0.3, 0.4) is 0 Å². The Morgan fingerprint density at radius 2 is 1.68 bits per heavy atom. The van der Waals surface area contributed by atoms with Crippen molar-refractivity contribution in [3.05, 3.63) is 12.2 Å². The summed E-state index contributed by atoms with van der Waals surface area (Å²) >= 11 is 0. The highest BCUT2D eigenvalue weighted by Gasteiger charge is 2.13. The van der Waals surface area contributed by atoms with Gasteiger partial charge in [-0.1, -0.05) is 51.5 Å².